The Kier molecular flexibility index (Phi) is 5.01. The minimum atomic E-state index is 0.249. The third-order valence-corrected chi connectivity index (χ3v) is 4.41. The van der Waals surface area contributed by atoms with Crippen molar-refractivity contribution in [1.29, 1.82) is 0 Å². The zero-order valence-electron chi connectivity index (χ0n) is 11.5. The number of nitrogens with zero attached hydrogens (tertiary/aromatic N) is 1. The minimum Gasteiger partial charge on any atom is -0.338 e. The molecule has 1 saturated carbocycles. The zero-order valence-corrected chi connectivity index (χ0v) is 11.5. The fourth-order valence-electron chi connectivity index (χ4n) is 3.32. The fourth-order valence-corrected chi connectivity index (χ4v) is 3.32. The van der Waals surface area contributed by atoms with Crippen LogP contribution in [0.25, 0.3) is 0 Å². The summed E-state index contributed by atoms with van der Waals surface area (Å²) in [4.78, 5) is 14.6. The molecule has 2 fully saturated rings. The van der Waals surface area contributed by atoms with E-state index in [1.54, 1.807) is 0 Å². The van der Waals surface area contributed by atoms with Crippen LogP contribution in [-0.4, -0.2) is 42.5 Å². The molecule has 1 aliphatic heterocycles. The molecular formula is C14H27N3O. The first-order chi connectivity index (χ1) is 8.72. The van der Waals surface area contributed by atoms with E-state index >= 15 is 0 Å². The molecule has 18 heavy (non-hydrogen) atoms. The molecule has 0 aromatic carbocycles. The Morgan fingerprint density at radius 1 is 1.39 bits per heavy atom. The number of amides is 1. The molecule has 0 bridgehead atoms. The van der Waals surface area contributed by atoms with Gasteiger partial charge in [0.15, 0.2) is 0 Å². The first-order valence-electron chi connectivity index (χ1n) is 7.48. The number of nitrogens with one attached hydrogen (secondary N) is 1. The van der Waals surface area contributed by atoms with Gasteiger partial charge in [-0.3, -0.25) is 4.79 Å². The molecule has 1 amide bonds. The van der Waals surface area contributed by atoms with Crippen LogP contribution in [0.4, 0.5) is 0 Å². The van der Waals surface area contributed by atoms with E-state index in [1.165, 1.54) is 6.42 Å². The molecule has 0 aromatic rings. The maximum atomic E-state index is 12.5. The Hall–Kier alpha value is -0.610. The van der Waals surface area contributed by atoms with Gasteiger partial charge in [-0.2, -0.15) is 0 Å². The zero-order chi connectivity index (χ0) is 13.0. The first-order valence-corrected chi connectivity index (χ1v) is 7.48. The van der Waals surface area contributed by atoms with E-state index in [-0.39, 0.29) is 6.04 Å². The van der Waals surface area contributed by atoms with Gasteiger partial charge < -0.3 is 16.0 Å². The van der Waals surface area contributed by atoms with Crippen LogP contribution in [0.3, 0.4) is 0 Å². The summed E-state index contributed by atoms with van der Waals surface area (Å²) in [6, 6.07) is 0.661. The average Bonchev–Trinajstić information content (AvgIpc) is 2.99. The Morgan fingerprint density at radius 3 is 2.78 bits per heavy atom. The van der Waals surface area contributed by atoms with Crippen molar-refractivity contribution >= 4 is 5.91 Å². The van der Waals surface area contributed by atoms with Crippen molar-refractivity contribution in [3.8, 4) is 0 Å². The Labute approximate surface area is 110 Å². The Bertz CT molecular complexity index is 276. The van der Waals surface area contributed by atoms with Crippen LogP contribution in [-0.2, 0) is 4.79 Å². The summed E-state index contributed by atoms with van der Waals surface area (Å²) in [5.41, 5.74) is 6.07. The van der Waals surface area contributed by atoms with E-state index in [0.717, 1.165) is 45.3 Å². The van der Waals surface area contributed by atoms with Gasteiger partial charge in [-0.1, -0.05) is 13.3 Å². The van der Waals surface area contributed by atoms with Crippen molar-refractivity contribution in [2.75, 3.05) is 19.6 Å². The van der Waals surface area contributed by atoms with Crippen molar-refractivity contribution in [2.45, 2.75) is 57.5 Å². The number of carbonyl (C=O) groups excluding carboxylic acids is 1. The van der Waals surface area contributed by atoms with Crippen LogP contribution in [0.15, 0.2) is 0 Å². The molecule has 104 valence electrons. The molecule has 2 rings (SSSR count). The molecule has 1 saturated heterocycles. The van der Waals surface area contributed by atoms with Crippen molar-refractivity contribution in [3.05, 3.63) is 0 Å². The van der Waals surface area contributed by atoms with Crippen LogP contribution < -0.4 is 11.1 Å². The van der Waals surface area contributed by atoms with Crippen molar-refractivity contribution < 1.29 is 4.79 Å². The second kappa shape index (κ2) is 6.53. The van der Waals surface area contributed by atoms with Gasteiger partial charge in [0.25, 0.3) is 0 Å². The van der Waals surface area contributed by atoms with Gasteiger partial charge in [-0.15, -0.1) is 0 Å². The second-order valence-electron chi connectivity index (χ2n) is 5.79. The van der Waals surface area contributed by atoms with Gasteiger partial charge in [0.05, 0.1) is 0 Å². The largest absolute Gasteiger partial charge is 0.338 e. The molecule has 3 N–H and O–H groups in total. The summed E-state index contributed by atoms with van der Waals surface area (Å²) in [6.07, 6.45) is 6.23. The van der Waals surface area contributed by atoms with Crippen LogP contribution in [0.1, 0.15) is 45.4 Å². The lowest BCUT2D eigenvalue weighted by atomic mass is 9.99. The highest BCUT2D eigenvalue weighted by Crippen LogP contribution is 2.28. The molecule has 4 heteroatoms. The van der Waals surface area contributed by atoms with Crippen molar-refractivity contribution in [3.63, 3.8) is 0 Å². The number of rotatable bonds is 5. The Balaban J connectivity index is 1.90. The van der Waals surface area contributed by atoms with Gasteiger partial charge >= 0.3 is 0 Å². The molecule has 0 spiro atoms. The van der Waals surface area contributed by atoms with E-state index in [4.69, 9.17) is 5.73 Å². The predicted molar refractivity (Wildman–Crippen MR) is 73.2 cm³/mol. The summed E-state index contributed by atoms with van der Waals surface area (Å²) < 4.78 is 0. The van der Waals surface area contributed by atoms with Crippen molar-refractivity contribution in [2.24, 2.45) is 11.7 Å². The van der Waals surface area contributed by atoms with Gasteiger partial charge in [-0.05, 0) is 38.1 Å². The monoisotopic (exact) mass is 253 g/mol. The second-order valence-corrected chi connectivity index (χ2v) is 5.79. The summed E-state index contributed by atoms with van der Waals surface area (Å²) in [7, 11) is 0. The molecule has 0 radical (unpaired) electrons. The van der Waals surface area contributed by atoms with E-state index in [0.29, 0.717) is 24.3 Å². The highest BCUT2D eigenvalue weighted by atomic mass is 16.2. The summed E-state index contributed by atoms with van der Waals surface area (Å²) in [5.74, 6) is 0.749. The van der Waals surface area contributed by atoms with Gasteiger partial charge in [0.1, 0.15) is 0 Å². The van der Waals surface area contributed by atoms with Crippen LogP contribution >= 0.6 is 0 Å². The molecule has 1 unspecified atom stereocenters. The molecule has 0 aromatic heterocycles. The predicted octanol–water partition coefficient (Wildman–Crippen LogP) is 1.10. The van der Waals surface area contributed by atoms with E-state index in [2.05, 4.69) is 17.1 Å². The lowest BCUT2D eigenvalue weighted by molar-refractivity contribution is -0.134. The fraction of sp³-hybridized carbons (Fsp3) is 0.929. The van der Waals surface area contributed by atoms with E-state index in [9.17, 15) is 4.79 Å². The van der Waals surface area contributed by atoms with Gasteiger partial charge in [-0.25, -0.2) is 0 Å². The molecule has 2 aliphatic rings. The number of hydrogen-bond acceptors (Lipinski definition) is 3. The normalized spacial score (nSPS) is 31.8. The molecule has 4 nitrogen and oxygen atoms in total. The summed E-state index contributed by atoms with van der Waals surface area (Å²) >= 11 is 0. The number of nitrogens with two attached hydrogens (primary N) is 1. The van der Waals surface area contributed by atoms with Crippen LogP contribution in [0, 0.1) is 5.92 Å². The highest BCUT2D eigenvalue weighted by molar-refractivity contribution is 5.77. The van der Waals surface area contributed by atoms with Crippen LogP contribution in [0.5, 0.6) is 0 Å². The first kappa shape index (κ1) is 13.8. The maximum absolute atomic E-state index is 12.5. The van der Waals surface area contributed by atoms with Gasteiger partial charge in [0.2, 0.25) is 5.91 Å². The smallest absolute Gasteiger partial charge is 0.223 e. The van der Waals surface area contributed by atoms with Crippen LogP contribution in [0.2, 0.25) is 0 Å². The van der Waals surface area contributed by atoms with Crippen molar-refractivity contribution in [1.82, 2.24) is 10.2 Å². The van der Waals surface area contributed by atoms with Gasteiger partial charge in [0, 0.05) is 31.6 Å². The van der Waals surface area contributed by atoms with E-state index in [1.807, 2.05) is 0 Å². The number of hydrogen-bond donors (Lipinski definition) is 2. The third-order valence-electron chi connectivity index (χ3n) is 4.41. The average molecular weight is 253 g/mol. The third kappa shape index (κ3) is 3.23. The number of carbonyl (C=O) groups is 1. The minimum absolute atomic E-state index is 0.249. The van der Waals surface area contributed by atoms with E-state index < -0.39 is 0 Å². The summed E-state index contributed by atoms with van der Waals surface area (Å²) in [5, 5.41) is 3.35. The quantitative estimate of drug-likeness (QED) is 0.771. The molecular weight excluding hydrogens is 226 g/mol. The summed E-state index contributed by atoms with van der Waals surface area (Å²) in [6.45, 7) is 5.04. The topological polar surface area (TPSA) is 58.4 Å². The lowest BCUT2D eigenvalue weighted by Gasteiger charge is -2.30. The maximum Gasteiger partial charge on any atom is 0.223 e. The SMILES string of the molecule is CCCN(C(=O)C[C@@H]1CCC[C@H]1N)C1CCNC1. The lowest BCUT2D eigenvalue weighted by Crippen LogP contribution is -2.43. The highest BCUT2D eigenvalue weighted by Gasteiger charge is 2.31. The Morgan fingerprint density at radius 2 is 2.22 bits per heavy atom. The molecule has 1 aliphatic carbocycles. The molecule has 3 atom stereocenters. The standard InChI is InChI=1S/C14H27N3O/c1-2-8-17(12-6-7-16-10-12)14(18)9-11-4-3-5-13(11)15/h11-13,16H,2-10,15H2,1H3/t11-,12?,13+/m0/s1. The molecule has 1 heterocycles.